The minimum Gasteiger partial charge on any atom is -0.481 e. The lowest BCUT2D eigenvalue weighted by Gasteiger charge is -2.36. The number of carboxylic acids is 2. The summed E-state index contributed by atoms with van der Waals surface area (Å²) in [7, 11) is 0. The summed E-state index contributed by atoms with van der Waals surface area (Å²) in [4.78, 5) is 55.2. The van der Waals surface area contributed by atoms with Crippen molar-refractivity contribution in [3.05, 3.63) is 71.8 Å². The van der Waals surface area contributed by atoms with Gasteiger partial charge < -0.3 is 20.0 Å². The number of carboxylic acid groups (broad SMARTS) is 2. The van der Waals surface area contributed by atoms with Crippen LogP contribution in [0.15, 0.2) is 60.7 Å². The first-order chi connectivity index (χ1) is 19.3. The van der Waals surface area contributed by atoms with Gasteiger partial charge in [0.2, 0.25) is 11.8 Å². The van der Waals surface area contributed by atoms with Crippen molar-refractivity contribution in [3.63, 3.8) is 0 Å². The molecule has 0 unspecified atom stereocenters. The molecule has 8 heteroatoms. The monoisotopic (exact) mass is 548 g/mol. The van der Waals surface area contributed by atoms with Crippen LogP contribution in [0.1, 0.15) is 62.5 Å². The Kier molecular flexibility index (Phi) is 10.3. The number of aliphatic carboxylic acids is 2. The van der Waals surface area contributed by atoms with Crippen LogP contribution in [0.25, 0.3) is 0 Å². The van der Waals surface area contributed by atoms with Gasteiger partial charge in [0.25, 0.3) is 0 Å². The van der Waals surface area contributed by atoms with E-state index >= 15 is 0 Å². The third kappa shape index (κ3) is 7.49. The van der Waals surface area contributed by atoms with Gasteiger partial charge in [-0.2, -0.15) is 0 Å². The van der Waals surface area contributed by atoms with Gasteiger partial charge >= 0.3 is 11.9 Å². The molecule has 2 N–H and O–H groups in total. The Morgan fingerprint density at radius 1 is 0.550 bits per heavy atom. The fourth-order valence-electron chi connectivity index (χ4n) is 6.30. The molecule has 0 saturated heterocycles. The summed E-state index contributed by atoms with van der Waals surface area (Å²) in [5.41, 5.74) is 1.86. The molecule has 8 nitrogen and oxygen atoms in total. The van der Waals surface area contributed by atoms with Crippen molar-refractivity contribution in [2.24, 2.45) is 23.7 Å². The maximum Gasteiger partial charge on any atom is 0.307 e. The van der Waals surface area contributed by atoms with Gasteiger partial charge in [0.1, 0.15) is 0 Å². The largest absolute Gasteiger partial charge is 0.481 e. The van der Waals surface area contributed by atoms with E-state index in [1.807, 2.05) is 60.7 Å². The Morgan fingerprint density at radius 2 is 0.875 bits per heavy atom. The Labute approximate surface area is 236 Å². The van der Waals surface area contributed by atoms with E-state index in [1.165, 1.54) is 0 Å². The first-order valence-electron chi connectivity index (χ1n) is 14.5. The summed E-state index contributed by atoms with van der Waals surface area (Å²) in [6.07, 6.45) is 5.28. The second-order valence-corrected chi connectivity index (χ2v) is 11.2. The van der Waals surface area contributed by atoms with E-state index in [-0.39, 0.29) is 24.9 Å². The first kappa shape index (κ1) is 29.3. The number of hydrogen-bond donors (Lipinski definition) is 2. The minimum atomic E-state index is -0.935. The molecule has 2 saturated carbocycles. The number of carbonyl (C=O) groups excluding carboxylic acids is 2. The molecule has 0 spiro atoms. The van der Waals surface area contributed by atoms with Crippen LogP contribution in [-0.2, 0) is 32.3 Å². The van der Waals surface area contributed by atoms with Crippen LogP contribution in [0.3, 0.4) is 0 Å². The molecule has 2 fully saturated rings. The molecular formula is C32H40N2O6. The molecule has 0 aromatic heterocycles. The lowest BCUT2D eigenvalue weighted by Crippen LogP contribution is -2.48. The van der Waals surface area contributed by atoms with Crippen molar-refractivity contribution < 1.29 is 29.4 Å². The zero-order chi connectivity index (χ0) is 28.5. The predicted octanol–water partition coefficient (Wildman–Crippen LogP) is 4.83. The van der Waals surface area contributed by atoms with Crippen LogP contribution in [0, 0.1) is 23.7 Å². The van der Waals surface area contributed by atoms with Gasteiger partial charge in [0.05, 0.1) is 23.7 Å². The molecule has 2 aromatic carbocycles. The van der Waals surface area contributed by atoms with Gasteiger partial charge in [-0.05, 0) is 36.8 Å². The van der Waals surface area contributed by atoms with E-state index in [1.54, 1.807) is 9.80 Å². The zero-order valence-electron chi connectivity index (χ0n) is 23.0. The first-order valence-corrected chi connectivity index (χ1v) is 14.5. The van der Waals surface area contributed by atoms with E-state index < -0.39 is 35.6 Å². The summed E-state index contributed by atoms with van der Waals surface area (Å²) in [5, 5.41) is 19.7. The van der Waals surface area contributed by atoms with Crippen LogP contribution in [-0.4, -0.2) is 56.9 Å². The SMILES string of the molecule is O=C(O)[C@@H]1CCCC[C@@H]1C(=O)N(CCN(Cc1ccccc1)C(=O)[C@@H]1CCCC[C@H]1C(=O)O)Cc1ccccc1. The molecule has 40 heavy (non-hydrogen) atoms. The van der Waals surface area contributed by atoms with Gasteiger partial charge in [-0.3, -0.25) is 19.2 Å². The molecule has 2 aromatic rings. The van der Waals surface area contributed by atoms with Crippen molar-refractivity contribution >= 4 is 23.8 Å². The number of nitrogens with zero attached hydrogens (tertiary/aromatic N) is 2. The average Bonchev–Trinajstić information content (AvgIpc) is 2.98. The Morgan fingerprint density at radius 3 is 1.20 bits per heavy atom. The highest BCUT2D eigenvalue weighted by atomic mass is 16.4. The highest BCUT2D eigenvalue weighted by Crippen LogP contribution is 2.34. The molecule has 2 amide bonds. The fraction of sp³-hybridized carbons (Fsp3) is 0.500. The minimum absolute atomic E-state index is 0.191. The maximum atomic E-state index is 13.9. The highest BCUT2D eigenvalue weighted by Gasteiger charge is 2.40. The van der Waals surface area contributed by atoms with E-state index in [0.717, 1.165) is 36.8 Å². The summed E-state index contributed by atoms with van der Waals surface area (Å²) in [6, 6.07) is 19.1. The molecule has 4 atom stereocenters. The van der Waals surface area contributed by atoms with E-state index in [0.29, 0.717) is 38.8 Å². The molecular weight excluding hydrogens is 508 g/mol. The highest BCUT2D eigenvalue weighted by molar-refractivity contribution is 5.86. The van der Waals surface area contributed by atoms with Crippen molar-refractivity contribution in [3.8, 4) is 0 Å². The van der Waals surface area contributed by atoms with E-state index in [2.05, 4.69) is 0 Å². The topological polar surface area (TPSA) is 115 Å². The zero-order valence-corrected chi connectivity index (χ0v) is 23.0. The van der Waals surface area contributed by atoms with E-state index in [4.69, 9.17) is 0 Å². The van der Waals surface area contributed by atoms with Gasteiger partial charge in [-0.15, -0.1) is 0 Å². The number of carbonyl (C=O) groups is 4. The molecule has 0 heterocycles. The second kappa shape index (κ2) is 14.1. The summed E-state index contributed by atoms with van der Waals surface area (Å²) in [6.45, 7) is 1.10. The van der Waals surface area contributed by atoms with Crippen molar-refractivity contribution in [1.29, 1.82) is 0 Å². The summed E-state index contributed by atoms with van der Waals surface area (Å²) in [5.74, 6) is -4.86. The van der Waals surface area contributed by atoms with Crippen molar-refractivity contribution in [1.82, 2.24) is 9.80 Å². The number of amides is 2. The number of rotatable bonds is 11. The van der Waals surface area contributed by atoms with Crippen LogP contribution < -0.4 is 0 Å². The predicted molar refractivity (Wildman–Crippen MR) is 150 cm³/mol. The Bertz CT molecular complexity index is 1060. The normalized spacial score (nSPS) is 22.7. The van der Waals surface area contributed by atoms with Gasteiger partial charge in [-0.25, -0.2) is 0 Å². The molecule has 0 aliphatic heterocycles. The van der Waals surface area contributed by atoms with Gasteiger partial charge in [-0.1, -0.05) is 86.3 Å². The van der Waals surface area contributed by atoms with Crippen molar-refractivity contribution in [2.75, 3.05) is 13.1 Å². The lowest BCUT2D eigenvalue weighted by atomic mass is 9.78. The molecule has 4 rings (SSSR count). The van der Waals surface area contributed by atoms with Crippen molar-refractivity contribution in [2.45, 2.75) is 64.5 Å². The third-order valence-electron chi connectivity index (χ3n) is 8.50. The maximum absolute atomic E-state index is 13.9. The molecule has 2 aliphatic rings. The number of hydrogen-bond acceptors (Lipinski definition) is 4. The Balaban J connectivity index is 1.58. The van der Waals surface area contributed by atoms with Crippen LogP contribution >= 0.6 is 0 Å². The van der Waals surface area contributed by atoms with Crippen LogP contribution in [0.4, 0.5) is 0 Å². The number of benzene rings is 2. The Hall–Kier alpha value is -3.68. The molecule has 0 bridgehead atoms. The standard InChI is InChI=1S/C32H40N2O6/c35-29(25-15-7-9-17-27(25)31(37)38)33(21-23-11-3-1-4-12-23)19-20-34(22-24-13-5-2-6-14-24)30(36)26-16-8-10-18-28(26)32(39)40/h1-6,11-14,25-28H,7-10,15-22H2,(H,37,38)(H,39,40)/t25-,26+,27-,28-/m1/s1. The van der Waals surface area contributed by atoms with Crippen LogP contribution in [0.5, 0.6) is 0 Å². The lowest BCUT2D eigenvalue weighted by molar-refractivity contribution is -0.154. The third-order valence-corrected chi connectivity index (χ3v) is 8.50. The average molecular weight is 549 g/mol. The van der Waals surface area contributed by atoms with Gasteiger partial charge in [0, 0.05) is 26.2 Å². The van der Waals surface area contributed by atoms with Crippen LogP contribution in [0.2, 0.25) is 0 Å². The summed E-state index contributed by atoms with van der Waals surface area (Å²) < 4.78 is 0. The molecule has 214 valence electrons. The quantitative estimate of drug-likeness (QED) is 0.416. The van der Waals surface area contributed by atoms with E-state index in [9.17, 15) is 29.4 Å². The smallest absolute Gasteiger partial charge is 0.307 e. The fourth-order valence-corrected chi connectivity index (χ4v) is 6.30. The molecule has 2 aliphatic carbocycles. The summed E-state index contributed by atoms with van der Waals surface area (Å²) >= 11 is 0. The molecule has 0 radical (unpaired) electrons. The van der Waals surface area contributed by atoms with Gasteiger partial charge in [0.15, 0.2) is 0 Å². The second-order valence-electron chi connectivity index (χ2n) is 11.2.